The first-order valence-electron chi connectivity index (χ1n) is 7.51. The summed E-state index contributed by atoms with van der Waals surface area (Å²) in [6, 6.07) is 18.1. The maximum Gasteiger partial charge on any atom is 0.321 e. The van der Waals surface area contributed by atoms with Crippen molar-refractivity contribution in [2.45, 2.75) is 20.4 Å². The summed E-state index contributed by atoms with van der Waals surface area (Å²) in [6.45, 7) is 5.31. The molecule has 0 radical (unpaired) electrons. The van der Waals surface area contributed by atoms with Gasteiger partial charge in [0, 0.05) is 19.3 Å². The van der Waals surface area contributed by atoms with Gasteiger partial charge in [-0.3, -0.25) is 0 Å². The number of aryl methyl sites for hydroxylation is 1. The highest BCUT2D eigenvalue weighted by molar-refractivity contribution is 5.76. The number of benzene rings is 2. The monoisotopic (exact) mass is 294 g/mol. The van der Waals surface area contributed by atoms with Gasteiger partial charge in [-0.25, -0.2) is 4.79 Å². The van der Waals surface area contributed by atoms with Crippen LogP contribution >= 0.6 is 0 Å². The van der Waals surface area contributed by atoms with Gasteiger partial charge in [0.2, 0.25) is 0 Å². The van der Waals surface area contributed by atoms with Gasteiger partial charge in [-0.1, -0.05) is 60.2 Å². The molecule has 0 saturated carbocycles. The summed E-state index contributed by atoms with van der Waals surface area (Å²) in [5.74, 6) is 0. The Morgan fingerprint density at radius 1 is 1.14 bits per heavy atom. The van der Waals surface area contributed by atoms with E-state index in [1.54, 1.807) is 11.1 Å². The van der Waals surface area contributed by atoms with Crippen LogP contribution in [-0.4, -0.2) is 17.5 Å². The average molecular weight is 294 g/mol. The Labute approximate surface area is 132 Å². The van der Waals surface area contributed by atoms with Crippen molar-refractivity contribution in [1.29, 1.82) is 0 Å². The third-order valence-electron chi connectivity index (χ3n) is 3.41. The van der Waals surface area contributed by atoms with Crippen molar-refractivity contribution in [2.75, 3.05) is 6.54 Å². The molecular formula is C19H22N2O. The van der Waals surface area contributed by atoms with Gasteiger partial charge < -0.3 is 10.2 Å². The number of carbonyl (C=O) groups excluding carboxylic acids is 1. The fourth-order valence-electron chi connectivity index (χ4n) is 2.21. The number of nitrogens with zero attached hydrogens (tertiary/aromatic N) is 1. The van der Waals surface area contributed by atoms with E-state index in [0.717, 1.165) is 11.1 Å². The minimum absolute atomic E-state index is 0.0877. The van der Waals surface area contributed by atoms with Crippen LogP contribution in [0.5, 0.6) is 0 Å². The number of urea groups is 1. The molecule has 0 aliphatic heterocycles. The largest absolute Gasteiger partial charge is 0.321 e. The van der Waals surface area contributed by atoms with Gasteiger partial charge in [0.25, 0.3) is 0 Å². The summed E-state index contributed by atoms with van der Waals surface area (Å²) in [5.41, 5.74) is 3.40. The molecule has 0 aliphatic carbocycles. The Balaban J connectivity index is 1.92. The predicted molar refractivity (Wildman–Crippen MR) is 91.3 cm³/mol. The molecule has 114 valence electrons. The van der Waals surface area contributed by atoms with Crippen LogP contribution in [0.2, 0.25) is 0 Å². The Hall–Kier alpha value is -2.55. The van der Waals surface area contributed by atoms with Crippen LogP contribution in [0.4, 0.5) is 4.79 Å². The predicted octanol–water partition coefficient (Wildman–Crippen LogP) is 4.20. The molecule has 2 aromatic rings. The molecular weight excluding hydrogens is 272 g/mol. The fourth-order valence-corrected chi connectivity index (χ4v) is 2.21. The zero-order valence-corrected chi connectivity index (χ0v) is 13.1. The topological polar surface area (TPSA) is 32.3 Å². The molecule has 0 saturated heterocycles. The molecule has 2 rings (SSSR count). The van der Waals surface area contributed by atoms with E-state index < -0.39 is 0 Å². The van der Waals surface area contributed by atoms with Gasteiger partial charge in [0.15, 0.2) is 0 Å². The van der Waals surface area contributed by atoms with Crippen molar-refractivity contribution in [3.05, 3.63) is 77.5 Å². The molecule has 0 unspecified atom stereocenters. The van der Waals surface area contributed by atoms with Crippen LogP contribution in [0.1, 0.15) is 23.6 Å². The van der Waals surface area contributed by atoms with E-state index in [1.807, 2.05) is 55.5 Å². The first-order valence-corrected chi connectivity index (χ1v) is 7.51. The van der Waals surface area contributed by atoms with Crippen molar-refractivity contribution < 1.29 is 4.79 Å². The average Bonchev–Trinajstić information content (AvgIpc) is 2.53. The van der Waals surface area contributed by atoms with Crippen LogP contribution in [0.15, 0.2) is 60.8 Å². The van der Waals surface area contributed by atoms with E-state index in [9.17, 15) is 4.79 Å². The number of nitrogens with one attached hydrogen (secondary N) is 1. The molecule has 0 aromatic heterocycles. The van der Waals surface area contributed by atoms with Crippen LogP contribution in [0.3, 0.4) is 0 Å². The Morgan fingerprint density at radius 2 is 1.91 bits per heavy atom. The van der Waals surface area contributed by atoms with Crippen LogP contribution < -0.4 is 5.32 Å². The lowest BCUT2D eigenvalue weighted by Crippen LogP contribution is -2.36. The molecule has 3 heteroatoms. The third-order valence-corrected chi connectivity index (χ3v) is 3.41. The molecule has 2 aromatic carbocycles. The standard InChI is InChI=1S/C19H22N2O/c1-3-21(15-18-9-5-4-6-10-18)19(22)20-13-12-17-11-7-8-16(2)14-17/h4-14H,3,15H2,1-2H3,(H,20,22)/b13-12+. The van der Waals surface area contributed by atoms with Crippen LogP contribution in [0.25, 0.3) is 6.08 Å². The van der Waals surface area contributed by atoms with E-state index in [0.29, 0.717) is 13.1 Å². The Bertz CT molecular complexity index is 635. The van der Waals surface area contributed by atoms with Gasteiger partial charge in [-0.15, -0.1) is 0 Å². The second kappa shape index (κ2) is 8.03. The molecule has 1 N–H and O–H groups in total. The summed E-state index contributed by atoms with van der Waals surface area (Å²) in [7, 11) is 0. The zero-order valence-electron chi connectivity index (χ0n) is 13.1. The molecule has 3 nitrogen and oxygen atoms in total. The maximum atomic E-state index is 12.2. The first kappa shape index (κ1) is 15.8. The van der Waals surface area contributed by atoms with Crippen molar-refractivity contribution >= 4 is 12.1 Å². The van der Waals surface area contributed by atoms with Gasteiger partial charge in [0.1, 0.15) is 0 Å². The molecule has 0 aliphatic rings. The minimum atomic E-state index is -0.0877. The highest BCUT2D eigenvalue weighted by Gasteiger charge is 2.09. The van der Waals surface area contributed by atoms with Gasteiger partial charge in [0.05, 0.1) is 0 Å². The SMILES string of the molecule is CCN(Cc1ccccc1)C(=O)N/C=C/c1cccc(C)c1. The summed E-state index contributed by atoms with van der Waals surface area (Å²) in [6.07, 6.45) is 3.60. The third kappa shape index (κ3) is 4.77. The summed E-state index contributed by atoms with van der Waals surface area (Å²) < 4.78 is 0. The van der Waals surface area contributed by atoms with Crippen molar-refractivity contribution in [1.82, 2.24) is 10.2 Å². The van der Waals surface area contributed by atoms with Crippen molar-refractivity contribution in [3.63, 3.8) is 0 Å². The molecule has 0 atom stereocenters. The number of amides is 2. The fraction of sp³-hybridized carbons (Fsp3) is 0.211. The van der Waals surface area contributed by atoms with Crippen LogP contribution in [-0.2, 0) is 6.54 Å². The summed E-state index contributed by atoms with van der Waals surface area (Å²) in [5, 5.41) is 2.83. The van der Waals surface area contributed by atoms with Crippen molar-refractivity contribution in [3.8, 4) is 0 Å². The number of hydrogen-bond acceptors (Lipinski definition) is 1. The summed E-state index contributed by atoms with van der Waals surface area (Å²) >= 11 is 0. The second-order valence-electron chi connectivity index (χ2n) is 5.20. The number of rotatable bonds is 5. The van der Waals surface area contributed by atoms with Gasteiger partial charge in [-0.2, -0.15) is 0 Å². The lowest BCUT2D eigenvalue weighted by Gasteiger charge is -2.20. The Kier molecular flexibility index (Phi) is 5.78. The van der Waals surface area contributed by atoms with E-state index in [1.165, 1.54) is 5.56 Å². The number of carbonyl (C=O) groups is 1. The molecule has 2 amide bonds. The normalized spacial score (nSPS) is 10.6. The lowest BCUT2D eigenvalue weighted by molar-refractivity contribution is 0.202. The zero-order chi connectivity index (χ0) is 15.8. The van der Waals surface area contributed by atoms with Gasteiger partial charge >= 0.3 is 6.03 Å². The smallest absolute Gasteiger partial charge is 0.321 e. The number of hydrogen-bond donors (Lipinski definition) is 1. The highest BCUT2D eigenvalue weighted by atomic mass is 16.2. The van der Waals surface area contributed by atoms with Gasteiger partial charge in [-0.05, 0) is 31.1 Å². The van der Waals surface area contributed by atoms with E-state index in [4.69, 9.17) is 0 Å². The lowest BCUT2D eigenvalue weighted by atomic mass is 10.1. The van der Waals surface area contributed by atoms with Crippen molar-refractivity contribution in [2.24, 2.45) is 0 Å². The van der Waals surface area contributed by atoms with E-state index in [-0.39, 0.29) is 6.03 Å². The first-order chi connectivity index (χ1) is 10.7. The quantitative estimate of drug-likeness (QED) is 0.880. The van der Waals surface area contributed by atoms with E-state index in [2.05, 4.69) is 24.4 Å². The molecule has 0 spiro atoms. The van der Waals surface area contributed by atoms with E-state index >= 15 is 0 Å². The minimum Gasteiger partial charge on any atom is -0.321 e. The Morgan fingerprint density at radius 3 is 2.59 bits per heavy atom. The molecule has 0 heterocycles. The van der Waals surface area contributed by atoms with Crippen LogP contribution in [0, 0.1) is 6.92 Å². The highest BCUT2D eigenvalue weighted by Crippen LogP contribution is 2.06. The summed E-state index contributed by atoms with van der Waals surface area (Å²) in [4.78, 5) is 14.0. The molecule has 22 heavy (non-hydrogen) atoms. The molecule has 0 fully saturated rings. The molecule has 0 bridgehead atoms. The maximum absolute atomic E-state index is 12.2. The second-order valence-corrected chi connectivity index (χ2v) is 5.20.